The van der Waals surface area contributed by atoms with Crippen LogP contribution in [0.15, 0.2) is 203 Å². The molecule has 0 bridgehead atoms. The van der Waals surface area contributed by atoms with Crippen LogP contribution >= 0.6 is 0 Å². The van der Waals surface area contributed by atoms with Gasteiger partial charge in [0, 0.05) is 21.5 Å². The molecule has 0 aliphatic heterocycles. The maximum Gasteiger partial charge on any atom is 0.147 e. The smallest absolute Gasteiger partial charge is 0.147 e. The van der Waals surface area contributed by atoms with Gasteiger partial charge in [-0.25, -0.2) is 0 Å². The van der Waals surface area contributed by atoms with Crippen LogP contribution in [-0.2, 0) is 0 Å². The van der Waals surface area contributed by atoms with Crippen LogP contribution in [-0.4, -0.2) is 0 Å². The molecule has 0 unspecified atom stereocenters. The summed E-state index contributed by atoms with van der Waals surface area (Å²) in [6, 6.07) is 60.4. The lowest BCUT2D eigenvalue weighted by atomic mass is 9.85. The maximum absolute atomic E-state index is 6.62. The van der Waals surface area contributed by atoms with E-state index in [4.69, 9.17) is 8.83 Å². The lowest BCUT2D eigenvalue weighted by Crippen LogP contribution is -1.92. The zero-order valence-corrected chi connectivity index (χ0v) is 31.4. The first kappa shape index (κ1) is 33.0. The fourth-order valence-electron chi connectivity index (χ4n) is 8.92. The Labute approximate surface area is 329 Å². The summed E-state index contributed by atoms with van der Waals surface area (Å²) in [6.07, 6.45) is 6.39. The van der Waals surface area contributed by atoms with E-state index in [2.05, 4.69) is 171 Å². The van der Waals surface area contributed by atoms with Crippen LogP contribution in [0.2, 0.25) is 0 Å². The van der Waals surface area contributed by atoms with Gasteiger partial charge in [0.1, 0.15) is 22.3 Å². The number of benzene rings is 9. The Morgan fingerprint density at radius 2 is 0.930 bits per heavy atom. The van der Waals surface area contributed by atoms with E-state index in [0.29, 0.717) is 0 Å². The number of rotatable bonds is 6. The Kier molecular flexibility index (Phi) is 7.58. The van der Waals surface area contributed by atoms with Crippen LogP contribution < -0.4 is 0 Å². The SMILES string of the molecule is C=C/C(=C\C=C(/C)c1c2ccccc2c(-c2ccc(-c3c4oc5ccccc5c4cc4c3oc3ccccc34)cc2)c2ccccc12)c1ccc2ccccc2c1. The maximum atomic E-state index is 6.62. The minimum absolute atomic E-state index is 0.840. The first-order valence-corrected chi connectivity index (χ1v) is 19.4. The Morgan fingerprint density at radius 3 is 1.51 bits per heavy atom. The lowest BCUT2D eigenvalue weighted by molar-refractivity contribution is 0.658. The molecule has 0 radical (unpaired) electrons. The molecule has 0 spiro atoms. The monoisotopic (exact) mass is 728 g/mol. The first-order valence-electron chi connectivity index (χ1n) is 19.4. The summed E-state index contributed by atoms with van der Waals surface area (Å²) in [4.78, 5) is 0. The van der Waals surface area contributed by atoms with Crippen LogP contribution in [0.3, 0.4) is 0 Å². The molecule has 0 N–H and O–H groups in total. The molecule has 0 saturated heterocycles. The van der Waals surface area contributed by atoms with Gasteiger partial charge in [-0.2, -0.15) is 0 Å². The Morgan fingerprint density at radius 1 is 0.439 bits per heavy atom. The molecule has 2 nitrogen and oxygen atoms in total. The van der Waals surface area contributed by atoms with Gasteiger partial charge in [0.05, 0.1) is 5.56 Å². The van der Waals surface area contributed by atoms with Crippen LogP contribution in [0.25, 0.3) is 110 Å². The van der Waals surface area contributed by atoms with Crippen molar-refractivity contribution in [2.24, 2.45) is 0 Å². The minimum Gasteiger partial charge on any atom is -0.455 e. The molecule has 0 aliphatic carbocycles. The van der Waals surface area contributed by atoms with E-state index < -0.39 is 0 Å². The highest BCUT2D eigenvalue weighted by atomic mass is 16.3. The third kappa shape index (κ3) is 5.26. The van der Waals surface area contributed by atoms with Crippen molar-refractivity contribution in [2.75, 3.05) is 0 Å². The number of fused-ring (bicyclic) bond motifs is 9. The molecule has 268 valence electrons. The Balaban J connectivity index is 1.07. The van der Waals surface area contributed by atoms with Gasteiger partial charge in [-0.15, -0.1) is 0 Å². The molecule has 2 aromatic heterocycles. The average Bonchev–Trinajstić information content (AvgIpc) is 3.83. The predicted octanol–water partition coefficient (Wildman–Crippen LogP) is 16.0. The van der Waals surface area contributed by atoms with Gasteiger partial charge < -0.3 is 8.83 Å². The van der Waals surface area contributed by atoms with Crippen molar-refractivity contribution in [3.05, 3.63) is 206 Å². The third-order valence-corrected chi connectivity index (χ3v) is 11.6. The standard InChI is InChI=1S/C55H36O2/c1-3-35(40-31-26-36-14-4-5-15-39(36)32-40)25-24-34(2)51-43-18-6-8-20-45(43)52(46-21-9-7-19-44(46)51)37-27-29-38(30-28-37)53-54-47(41-16-10-12-22-49(41)56-54)33-48-42-17-11-13-23-50(42)57-55(48)53/h3-33H,1H2,2H3/b34-24+,35-25+. The molecule has 0 saturated carbocycles. The van der Waals surface area contributed by atoms with Crippen LogP contribution in [0.5, 0.6) is 0 Å². The predicted molar refractivity (Wildman–Crippen MR) is 243 cm³/mol. The van der Waals surface area contributed by atoms with Crippen LogP contribution in [0, 0.1) is 0 Å². The lowest BCUT2D eigenvalue weighted by Gasteiger charge is -2.18. The summed E-state index contributed by atoms with van der Waals surface area (Å²) in [6.45, 7) is 6.40. The second-order valence-corrected chi connectivity index (χ2v) is 14.9. The molecule has 11 rings (SSSR count). The fourth-order valence-corrected chi connectivity index (χ4v) is 8.92. The largest absolute Gasteiger partial charge is 0.455 e. The number of furan rings is 2. The van der Waals surface area contributed by atoms with Gasteiger partial charge in [0.25, 0.3) is 0 Å². The summed E-state index contributed by atoms with van der Waals surface area (Å²) < 4.78 is 13.2. The van der Waals surface area contributed by atoms with Gasteiger partial charge in [0.15, 0.2) is 0 Å². The van der Waals surface area contributed by atoms with Crippen molar-refractivity contribution in [2.45, 2.75) is 6.92 Å². The minimum atomic E-state index is 0.840. The number of para-hydroxylation sites is 2. The summed E-state index contributed by atoms with van der Waals surface area (Å²) in [5, 5.41) is 11.7. The summed E-state index contributed by atoms with van der Waals surface area (Å²) in [5.74, 6) is 0. The normalized spacial score (nSPS) is 12.6. The van der Waals surface area contributed by atoms with Crippen molar-refractivity contribution in [3.8, 4) is 22.3 Å². The van der Waals surface area contributed by atoms with E-state index in [1.807, 2.05) is 30.3 Å². The molecule has 11 aromatic rings. The third-order valence-electron chi connectivity index (χ3n) is 11.6. The topological polar surface area (TPSA) is 26.3 Å². The zero-order chi connectivity index (χ0) is 38.0. The van der Waals surface area contributed by atoms with Crippen LogP contribution in [0.1, 0.15) is 18.1 Å². The molecule has 2 heteroatoms. The Hall–Kier alpha value is -7.42. The molecule has 0 fully saturated rings. The molecule has 57 heavy (non-hydrogen) atoms. The molecule has 2 heterocycles. The highest BCUT2D eigenvalue weighted by Gasteiger charge is 2.22. The molecular formula is C55H36O2. The van der Waals surface area contributed by atoms with Crippen molar-refractivity contribution in [1.29, 1.82) is 0 Å². The number of hydrogen-bond acceptors (Lipinski definition) is 2. The van der Waals surface area contributed by atoms with E-state index in [1.165, 1.54) is 49.0 Å². The Bertz CT molecular complexity index is 3330. The second-order valence-electron chi connectivity index (χ2n) is 14.9. The van der Waals surface area contributed by atoms with E-state index in [0.717, 1.165) is 71.7 Å². The highest BCUT2D eigenvalue weighted by Crippen LogP contribution is 2.46. The average molecular weight is 729 g/mol. The van der Waals surface area contributed by atoms with E-state index >= 15 is 0 Å². The number of hydrogen-bond donors (Lipinski definition) is 0. The number of allylic oxidation sites excluding steroid dienone is 5. The van der Waals surface area contributed by atoms with Crippen molar-refractivity contribution in [3.63, 3.8) is 0 Å². The quantitative estimate of drug-likeness (QED) is 0.126. The van der Waals surface area contributed by atoms with Gasteiger partial charge in [-0.3, -0.25) is 0 Å². The highest BCUT2D eigenvalue weighted by molar-refractivity contribution is 6.22. The fraction of sp³-hybridized carbons (Fsp3) is 0.0182. The van der Waals surface area contributed by atoms with Gasteiger partial charge in [-0.05, 0) is 102 Å². The van der Waals surface area contributed by atoms with E-state index in [9.17, 15) is 0 Å². The van der Waals surface area contributed by atoms with Crippen molar-refractivity contribution < 1.29 is 8.83 Å². The van der Waals surface area contributed by atoms with Crippen molar-refractivity contribution >= 4 is 87.3 Å². The van der Waals surface area contributed by atoms with Crippen molar-refractivity contribution in [1.82, 2.24) is 0 Å². The van der Waals surface area contributed by atoms with Gasteiger partial charge in [-0.1, -0.05) is 170 Å². The second kappa shape index (κ2) is 13.1. The van der Waals surface area contributed by atoms with Crippen LogP contribution in [0.4, 0.5) is 0 Å². The van der Waals surface area contributed by atoms with Gasteiger partial charge >= 0.3 is 0 Å². The summed E-state index contributed by atoms with van der Waals surface area (Å²) in [7, 11) is 0. The molecular weight excluding hydrogens is 693 g/mol. The van der Waals surface area contributed by atoms with E-state index in [-0.39, 0.29) is 0 Å². The zero-order valence-electron chi connectivity index (χ0n) is 31.4. The molecule has 0 aliphatic rings. The molecule has 0 atom stereocenters. The first-order chi connectivity index (χ1) is 28.1. The molecule has 9 aromatic carbocycles. The van der Waals surface area contributed by atoms with Gasteiger partial charge in [0.2, 0.25) is 0 Å². The summed E-state index contributed by atoms with van der Waals surface area (Å²) >= 11 is 0. The molecule has 0 amide bonds. The van der Waals surface area contributed by atoms with E-state index in [1.54, 1.807) is 0 Å². The summed E-state index contributed by atoms with van der Waals surface area (Å²) in [5.41, 5.74) is 12.5.